The first-order valence-corrected chi connectivity index (χ1v) is 2.43. The van der Waals surface area contributed by atoms with Crippen molar-refractivity contribution in [3.05, 3.63) is 6.92 Å². The molecule has 3 heteroatoms. The third-order valence-electron chi connectivity index (χ3n) is 0.389. The minimum absolute atomic E-state index is 0.109. The smallest absolute Gasteiger partial charge is 0.163 e. The molecule has 2 nitrogen and oxygen atoms in total. The first-order chi connectivity index (χ1) is 3.13. The third-order valence-corrected chi connectivity index (χ3v) is 0.507. The molecule has 3 N–H and O–H groups in total. The van der Waals surface area contributed by atoms with Crippen molar-refractivity contribution in [2.24, 2.45) is 5.73 Å². The van der Waals surface area contributed by atoms with Crippen LogP contribution in [0.3, 0.4) is 0 Å². The monoisotopic (exact) mass is 117 g/mol. The van der Waals surface area contributed by atoms with Crippen LogP contribution >= 0.6 is 12.2 Å². The van der Waals surface area contributed by atoms with E-state index < -0.39 is 0 Å². The highest BCUT2D eigenvalue weighted by molar-refractivity contribution is 7.80. The Morgan fingerprint density at radius 1 is 2.00 bits per heavy atom. The predicted molar refractivity (Wildman–Crippen MR) is 34.7 cm³/mol. The second-order valence-corrected chi connectivity index (χ2v) is 1.85. The fourth-order valence-electron chi connectivity index (χ4n) is 0.243. The third kappa shape index (κ3) is 5.69. The van der Waals surface area contributed by atoms with Crippen molar-refractivity contribution in [2.75, 3.05) is 0 Å². The average Bonchev–Trinajstić information content (AvgIpc) is 1.27. The van der Waals surface area contributed by atoms with Gasteiger partial charge in [0, 0.05) is 6.04 Å². The summed E-state index contributed by atoms with van der Waals surface area (Å²) in [5, 5.41) is 3.01. The van der Waals surface area contributed by atoms with E-state index in [1.54, 1.807) is 0 Å². The maximum atomic E-state index is 5.07. The molecule has 1 unspecified atom stereocenters. The van der Waals surface area contributed by atoms with Gasteiger partial charge in [-0.25, -0.2) is 0 Å². The molecule has 7 heavy (non-hydrogen) atoms. The van der Waals surface area contributed by atoms with Crippen LogP contribution in [-0.2, 0) is 0 Å². The van der Waals surface area contributed by atoms with Gasteiger partial charge in [0.2, 0.25) is 0 Å². The predicted octanol–water partition coefficient (Wildman–Crippen LogP) is 0.0422. The molecule has 0 bridgehead atoms. The van der Waals surface area contributed by atoms with Gasteiger partial charge in [0.1, 0.15) is 0 Å². The fourth-order valence-corrected chi connectivity index (χ4v) is 0.444. The lowest BCUT2D eigenvalue weighted by Gasteiger charge is -2.04. The van der Waals surface area contributed by atoms with Crippen LogP contribution in [0.5, 0.6) is 0 Å². The summed E-state index contributed by atoms with van der Waals surface area (Å²) in [5.41, 5.74) is 5.07. The quantitative estimate of drug-likeness (QED) is 0.476. The maximum Gasteiger partial charge on any atom is 0.163 e. The first-order valence-electron chi connectivity index (χ1n) is 2.02. The standard InChI is InChI=1S/C4H9N2S/c1-3(2)6-4(5)7/h3H,1H2,2H3,(H3,5,6,7). The van der Waals surface area contributed by atoms with Crippen LogP contribution in [0.2, 0.25) is 0 Å². The highest BCUT2D eigenvalue weighted by Gasteiger charge is 1.88. The Morgan fingerprint density at radius 2 is 2.43 bits per heavy atom. The molecule has 0 aliphatic heterocycles. The molecule has 0 saturated carbocycles. The molecule has 1 radical (unpaired) electrons. The van der Waals surface area contributed by atoms with Crippen LogP contribution in [0.1, 0.15) is 6.92 Å². The van der Waals surface area contributed by atoms with E-state index in [1.165, 1.54) is 0 Å². The molecule has 41 valence electrons. The molecule has 0 rings (SSSR count). The van der Waals surface area contributed by atoms with E-state index in [-0.39, 0.29) is 6.04 Å². The van der Waals surface area contributed by atoms with Crippen LogP contribution in [0.15, 0.2) is 0 Å². The van der Waals surface area contributed by atoms with Crippen LogP contribution in [0, 0.1) is 6.92 Å². The summed E-state index contributed by atoms with van der Waals surface area (Å²) in [4.78, 5) is 0. The van der Waals surface area contributed by atoms with E-state index >= 15 is 0 Å². The molecular weight excluding hydrogens is 108 g/mol. The van der Waals surface area contributed by atoms with E-state index in [4.69, 9.17) is 5.73 Å². The maximum absolute atomic E-state index is 5.07. The van der Waals surface area contributed by atoms with Crippen molar-refractivity contribution in [3.63, 3.8) is 0 Å². The van der Waals surface area contributed by atoms with Crippen molar-refractivity contribution < 1.29 is 0 Å². The highest BCUT2D eigenvalue weighted by atomic mass is 32.1. The van der Waals surface area contributed by atoms with E-state index in [0.717, 1.165) is 0 Å². The Morgan fingerprint density at radius 3 is 2.43 bits per heavy atom. The highest BCUT2D eigenvalue weighted by Crippen LogP contribution is 1.71. The van der Waals surface area contributed by atoms with Gasteiger partial charge in [-0.05, 0) is 26.1 Å². The molecule has 0 fully saturated rings. The summed E-state index contributed by atoms with van der Waals surface area (Å²) in [6.07, 6.45) is 0. The average molecular weight is 117 g/mol. The van der Waals surface area contributed by atoms with Crippen molar-refractivity contribution in [3.8, 4) is 0 Å². The molecule has 0 spiro atoms. The van der Waals surface area contributed by atoms with Gasteiger partial charge in [0.05, 0.1) is 0 Å². The lowest BCUT2D eigenvalue weighted by Crippen LogP contribution is -2.34. The number of thiocarbonyl (C=S) groups is 1. The minimum Gasteiger partial charge on any atom is -0.376 e. The first kappa shape index (κ1) is 6.69. The Labute approximate surface area is 49.1 Å². The molecule has 0 aromatic carbocycles. The summed E-state index contributed by atoms with van der Waals surface area (Å²) in [6.45, 7) is 5.47. The lowest BCUT2D eigenvalue weighted by molar-refractivity contribution is 0.806. The SMILES string of the molecule is [CH2]C(C)NC(N)=S. The van der Waals surface area contributed by atoms with Gasteiger partial charge in [0.15, 0.2) is 5.11 Å². The zero-order valence-electron chi connectivity index (χ0n) is 4.27. The zero-order valence-corrected chi connectivity index (χ0v) is 5.09. The topological polar surface area (TPSA) is 38.0 Å². The lowest BCUT2D eigenvalue weighted by atomic mass is 10.4. The van der Waals surface area contributed by atoms with Gasteiger partial charge < -0.3 is 11.1 Å². The Kier molecular flexibility index (Phi) is 2.67. The molecule has 0 aromatic heterocycles. The fraction of sp³-hybridized carbons (Fsp3) is 0.500. The Hall–Kier alpha value is -0.310. The van der Waals surface area contributed by atoms with Gasteiger partial charge >= 0.3 is 0 Å². The van der Waals surface area contributed by atoms with E-state index in [0.29, 0.717) is 5.11 Å². The Balaban J connectivity index is 3.13. The number of hydrogen-bond donors (Lipinski definition) is 2. The molecule has 0 aliphatic rings. The van der Waals surface area contributed by atoms with Crippen molar-refractivity contribution in [1.82, 2.24) is 5.32 Å². The number of nitrogens with two attached hydrogens (primary N) is 1. The van der Waals surface area contributed by atoms with Crippen LogP contribution in [-0.4, -0.2) is 11.2 Å². The second kappa shape index (κ2) is 2.80. The van der Waals surface area contributed by atoms with Crippen LogP contribution in [0.4, 0.5) is 0 Å². The summed E-state index contributed by atoms with van der Waals surface area (Å²) >= 11 is 4.50. The molecule has 1 atom stereocenters. The second-order valence-electron chi connectivity index (χ2n) is 1.41. The van der Waals surface area contributed by atoms with Crippen LogP contribution in [0.25, 0.3) is 0 Å². The molecule has 0 aromatic rings. The summed E-state index contributed by atoms with van der Waals surface area (Å²) in [6, 6.07) is 0.109. The van der Waals surface area contributed by atoms with Crippen molar-refractivity contribution in [2.45, 2.75) is 13.0 Å². The largest absolute Gasteiger partial charge is 0.376 e. The van der Waals surface area contributed by atoms with Gasteiger partial charge in [-0.3, -0.25) is 0 Å². The van der Waals surface area contributed by atoms with Gasteiger partial charge in [0.25, 0.3) is 0 Å². The number of rotatable bonds is 1. The van der Waals surface area contributed by atoms with Crippen LogP contribution < -0.4 is 11.1 Å². The van der Waals surface area contributed by atoms with E-state index in [1.807, 2.05) is 6.92 Å². The van der Waals surface area contributed by atoms with Gasteiger partial charge in [-0.15, -0.1) is 0 Å². The number of nitrogens with one attached hydrogen (secondary N) is 1. The summed E-state index contributed by atoms with van der Waals surface area (Å²) < 4.78 is 0. The summed E-state index contributed by atoms with van der Waals surface area (Å²) in [7, 11) is 0. The Bertz CT molecular complexity index is 70.1. The molecule has 0 aliphatic carbocycles. The molecular formula is C4H9N2S. The summed E-state index contributed by atoms with van der Waals surface area (Å²) in [5.74, 6) is 0. The number of hydrogen-bond acceptors (Lipinski definition) is 1. The minimum atomic E-state index is 0.109. The van der Waals surface area contributed by atoms with Gasteiger partial charge in [-0.1, -0.05) is 0 Å². The zero-order chi connectivity index (χ0) is 5.86. The van der Waals surface area contributed by atoms with Gasteiger partial charge in [-0.2, -0.15) is 0 Å². The normalized spacial score (nSPS) is 9.00. The molecule has 0 saturated heterocycles. The molecule has 0 amide bonds. The molecule has 0 heterocycles. The van der Waals surface area contributed by atoms with E-state index in [2.05, 4.69) is 24.5 Å². The van der Waals surface area contributed by atoms with Crippen molar-refractivity contribution in [1.29, 1.82) is 0 Å². The van der Waals surface area contributed by atoms with Crippen molar-refractivity contribution >= 4 is 17.3 Å². The van der Waals surface area contributed by atoms with E-state index in [9.17, 15) is 0 Å².